The Labute approximate surface area is 130 Å². The molecule has 3 aromatic carbocycles. The van der Waals surface area contributed by atoms with Gasteiger partial charge in [0, 0.05) is 11.1 Å². The minimum Gasteiger partial charge on any atom is -0.289 e. The number of hydrogen-bond donors (Lipinski definition) is 0. The summed E-state index contributed by atoms with van der Waals surface area (Å²) in [5.74, 6) is 0.143. The number of carbonyl (C=O) groups is 1. The van der Waals surface area contributed by atoms with Crippen LogP contribution < -0.4 is 0 Å². The summed E-state index contributed by atoms with van der Waals surface area (Å²) in [5.41, 5.74) is 8.24. The maximum absolute atomic E-state index is 12.9. The standard InChI is InChI=1S/C21H16O/c1-13-6-9-15(10-7-13)16-4-3-5-18-17-11-8-14(2)12-19(17)21(22)20(16)18/h3-12H,1-2H3. The summed E-state index contributed by atoms with van der Waals surface area (Å²) < 4.78 is 0. The lowest BCUT2D eigenvalue weighted by molar-refractivity contribution is 0.104. The lowest BCUT2D eigenvalue weighted by Crippen LogP contribution is -1.98. The Bertz CT molecular complexity index is 902. The highest BCUT2D eigenvalue weighted by Crippen LogP contribution is 2.41. The van der Waals surface area contributed by atoms with E-state index in [-0.39, 0.29) is 5.78 Å². The van der Waals surface area contributed by atoms with Crippen LogP contribution in [0.15, 0.2) is 60.7 Å². The van der Waals surface area contributed by atoms with Gasteiger partial charge < -0.3 is 0 Å². The molecule has 0 spiro atoms. The van der Waals surface area contributed by atoms with Crippen molar-refractivity contribution in [2.75, 3.05) is 0 Å². The first-order valence-corrected chi connectivity index (χ1v) is 7.51. The van der Waals surface area contributed by atoms with E-state index in [4.69, 9.17) is 0 Å². The Morgan fingerprint density at radius 1 is 0.636 bits per heavy atom. The van der Waals surface area contributed by atoms with Crippen LogP contribution >= 0.6 is 0 Å². The SMILES string of the molecule is Cc1ccc(-c2cccc3c2C(=O)c2cc(C)ccc2-3)cc1. The van der Waals surface area contributed by atoms with Crippen molar-refractivity contribution in [1.29, 1.82) is 0 Å². The van der Waals surface area contributed by atoms with Gasteiger partial charge in [-0.2, -0.15) is 0 Å². The van der Waals surface area contributed by atoms with E-state index >= 15 is 0 Å². The van der Waals surface area contributed by atoms with Crippen molar-refractivity contribution in [3.63, 3.8) is 0 Å². The second-order valence-corrected chi connectivity index (χ2v) is 5.97. The first kappa shape index (κ1) is 13.0. The predicted molar refractivity (Wildman–Crippen MR) is 90.2 cm³/mol. The summed E-state index contributed by atoms with van der Waals surface area (Å²) in [6.45, 7) is 4.10. The summed E-state index contributed by atoms with van der Waals surface area (Å²) in [7, 11) is 0. The van der Waals surface area contributed by atoms with Gasteiger partial charge in [0.25, 0.3) is 0 Å². The van der Waals surface area contributed by atoms with E-state index in [2.05, 4.69) is 43.3 Å². The van der Waals surface area contributed by atoms with Gasteiger partial charge in [-0.05, 0) is 42.2 Å². The number of fused-ring (bicyclic) bond motifs is 3. The van der Waals surface area contributed by atoms with Gasteiger partial charge in [0.1, 0.15) is 0 Å². The van der Waals surface area contributed by atoms with Gasteiger partial charge >= 0.3 is 0 Å². The molecule has 0 saturated carbocycles. The summed E-state index contributed by atoms with van der Waals surface area (Å²) in [4.78, 5) is 12.9. The first-order chi connectivity index (χ1) is 10.6. The molecule has 3 aromatic rings. The molecule has 0 radical (unpaired) electrons. The van der Waals surface area contributed by atoms with E-state index < -0.39 is 0 Å². The van der Waals surface area contributed by atoms with Crippen LogP contribution in [0.4, 0.5) is 0 Å². The van der Waals surface area contributed by atoms with Crippen molar-refractivity contribution in [1.82, 2.24) is 0 Å². The number of carbonyl (C=O) groups excluding carboxylic acids is 1. The molecule has 0 heterocycles. The van der Waals surface area contributed by atoms with Crippen LogP contribution in [-0.2, 0) is 0 Å². The van der Waals surface area contributed by atoms with E-state index in [0.717, 1.165) is 38.9 Å². The third-order valence-electron chi connectivity index (χ3n) is 4.36. The van der Waals surface area contributed by atoms with E-state index in [1.807, 2.05) is 31.2 Å². The molecule has 0 amide bonds. The van der Waals surface area contributed by atoms with Crippen LogP contribution in [0.25, 0.3) is 22.3 Å². The maximum Gasteiger partial charge on any atom is 0.194 e. The highest BCUT2D eigenvalue weighted by Gasteiger charge is 2.29. The van der Waals surface area contributed by atoms with Crippen LogP contribution in [0.1, 0.15) is 27.0 Å². The van der Waals surface area contributed by atoms with Crippen LogP contribution in [0.3, 0.4) is 0 Å². The molecule has 0 unspecified atom stereocenters. The molecule has 0 fully saturated rings. The van der Waals surface area contributed by atoms with Crippen LogP contribution in [0.2, 0.25) is 0 Å². The third-order valence-corrected chi connectivity index (χ3v) is 4.36. The fraction of sp³-hybridized carbons (Fsp3) is 0.0952. The van der Waals surface area contributed by atoms with Gasteiger partial charge in [0.15, 0.2) is 5.78 Å². The quantitative estimate of drug-likeness (QED) is 0.470. The maximum atomic E-state index is 12.9. The van der Waals surface area contributed by atoms with E-state index in [1.54, 1.807) is 0 Å². The molecule has 1 nitrogen and oxygen atoms in total. The summed E-state index contributed by atoms with van der Waals surface area (Å²) in [6.07, 6.45) is 0. The van der Waals surface area contributed by atoms with E-state index in [1.165, 1.54) is 5.56 Å². The normalized spacial score (nSPS) is 12.2. The molecule has 22 heavy (non-hydrogen) atoms. The third kappa shape index (κ3) is 1.82. The van der Waals surface area contributed by atoms with Crippen molar-refractivity contribution in [3.8, 4) is 22.3 Å². The average Bonchev–Trinajstić information content (AvgIpc) is 2.81. The molecule has 0 aliphatic heterocycles. The fourth-order valence-corrected chi connectivity index (χ4v) is 3.21. The van der Waals surface area contributed by atoms with Crippen molar-refractivity contribution in [2.24, 2.45) is 0 Å². The van der Waals surface area contributed by atoms with Crippen LogP contribution in [0, 0.1) is 13.8 Å². The Balaban J connectivity index is 1.97. The molecule has 0 N–H and O–H groups in total. The van der Waals surface area contributed by atoms with Gasteiger partial charge in [0.05, 0.1) is 0 Å². The van der Waals surface area contributed by atoms with Crippen molar-refractivity contribution in [2.45, 2.75) is 13.8 Å². The Morgan fingerprint density at radius 3 is 2.09 bits per heavy atom. The minimum atomic E-state index is 0.143. The molecule has 1 aliphatic rings. The van der Waals surface area contributed by atoms with Crippen molar-refractivity contribution < 1.29 is 4.79 Å². The molecule has 1 heteroatoms. The number of benzene rings is 3. The molecule has 1 aliphatic carbocycles. The lowest BCUT2D eigenvalue weighted by atomic mass is 9.95. The number of rotatable bonds is 1. The second kappa shape index (κ2) is 4.67. The van der Waals surface area contributed by atoms with Crippen LogP contribution in [0.5, 0.6) is 0 Å². The molecule has 0 bridgehead atoms. The van der Waals surface area contributed by atoms with Gasteiger partial charge in [-0.25, -0.2) is 0 Å². The zero-order valence-electron chi connectivity index (χ0n) is 12.7. The van der Waals surface area contributed by atoms with E-state index in [9.17, 15) is 4.79 Å². The highest BCUT2D eigenvalue weighted by molar-refractivity contribution is 6.24. The van der Waals surface area contributed by atoms with Gasteiger partial charge in [-0.15, -0.1) is 0 Å². The predicted octanol–water partition coefficient (Wildman–Crippen LogP) is 5.18. The average molecular weight is 284 g/mol. The lowest BCUT2D eigenvalue weighted by Gasteiger charge is -2.08. The molecule has 4 rings (SSSR count). The summed E-state index contributed by atoms with van der Waals surface area (Å²) in [6, 6.07) is 20.6. The van der Waals surface area contributed by atoms with Gasteiger partial charge in [0.2, 0.25) is 0 Å². The summed E-state index contributed by atoms with van der Waals surface area (Å²) >= 11 is 0. The molecule has 106 valence electrons. The number of ketones is 1. The first-order valence-electron chi connectivity index (χ1n) is 7.51. The van der Waals surface area contributed by atoms with E-state index in [0.29, 0.717) is 0 Å². The van der Waals surface area contributed by atoms with Gasteiger partial charge in [-0.3, -0.25) is 4.79 Å². The monoisotopic (exact) mass is 284 g/mol. The molecular formula is C21H16O. The molecular weight excluding hydrogens is 268 g/mol. The topological polar surface area (TPSA) is 17.1 Å². The Hall–Kier alpha value is -2.67. The minimum absolute atomic E-state index is 0.143. The largest absolute Gasteiger partial charge is 0.289 e. The Morgan fingerprint density at radius 2 is 1.32 bits per heavy atom. The summed E-state index contributed by atoms with van der Waals surface area (Å²) in [5, 5.41) is 0. The highest BCUT2D eigenvalue weighted by atomic mass is 16.1. The van der Waals surface area contributed by atoms with Crippen LogP contribution in [-0.4, -0.2) is 5.78 Å². The fourth-order valence-electron chi connectivity index (χ4n) is 3.21. The molecule has 0 atom stereocenters. The van der Waals surface area contributed by atoms with Crippen molar-refractivity contribution in [3.05, 3.63) is 82.9 Å². The number of aryl methyl sites for hydroxylation is 2. The Kier molecular flexibility index (Phi) is 2.77. The second-order valence-electron chi connectivity index (χ2n) is 5.97. The van der Waals surface area contributed by atoms with Crippen molar-refractivity contribution >= 4 is 5.78 Å². The molecule has 0 aromatic heterocycles. The smallest absolute Gasteiger partial charge is 0.194 e. The zero-order chi connectivity index (χ0) is 15.3. The number of hydrogen-bond acceptors (Lipinski definition) is 1. The van der Waals surface area contributed by atoms with Gasteiger partial charge in [-0.1, -0.05) is 65.7 Å². The zero-order valence-corrected chi connectivity index (χ0v) is 12.7. The molecule has 0 saturated heterocycles.